The van der Waals surface area contributed by atoms with E-state index in [9.17, 15) is 9.46 Å². The van der Waals surface area contributed by atoms with E-state index in [0.29, 0.717) is 23.3 Å². The topological polar surface area (TPSA) is 65.0 Å². The average molecular weight is 381 g/mol. The van der Waals surface area contributed by atoms with Gasteiger partial charge < -0.3 is 9.63 Å². The molecule has 0 saturated carbocycles. The summed E-state index contributed by atoms with van der Waals surface area (Å²) in [6, 6.07) is 0. The molecule has 24 heavy (non-hydrogen) atoms. The van der Waals surface area contributed by atoms with E-state index >= 15 is 0 Å². The molecule has 1 heterocycles. The van der Waals surface area contributed by atoms with Gasteiger partial charge in [0.05, 0.1) is 16.8 Å². The Bertz CT molecular complexity index is 361. The molecule has 0 bridgehead atoms. The summed E-state index contributed by atoms with van der Waals surface area (Å²) in [7, 11) is -3.43. The molecule has 1 saturated heterocycles. The largest absolute Gasteiger partial charge is 0.474 e. The first-order chi connectivity index (χ1) is 11.5. The molecule has 1 N–H and O–H groups in total. The van der Waals surface area contributed by atoms with Crippen LogP contribution in [0.25, 0.3) is 0 Å². The van der Waals surface area contributed by atoms with Crippen molar-refractivity contribution in [2.45, 2.75) is 95.8 Å². The molecule has 0 amide bonds. The van der Waals surface area contributed by atoms with Gasteiger partial charge in [-0.1, -0.05) is 64.7 Å². The van der Waals surface area contributed by atoms with Crippen LogP contribution in [0.5, 0.6) is 0 Å². The minimum atomic E-state index is -3.99. The Morgan fingerprint density at radius 3 is 2.17 bits per heavy atom. The molecule has 0 spiro atoms. The highest BCUT2D eigenvalue weighted by atomic mass is 31.2. The van der Waals surface area contributed by atoms with Crippen LogP contribution in [-0.4, -0.2) is 33.8 Å². The molecule has 144 valence electrons. The minimum absolute atomic E-state index is 0.280. The molecule has 0 aliphatic carbocycles. The van der Waals surface area contributed by atoms with E-state index in [1.807, 2.05) is 0 Å². The van der Waals surface area contributed by atoms with Crippen LogP contribution in [0.2, 0.25) is 0 Å². The van der Waals surface area contributed by atoms with Gasteiger partial charge in [-0.05, 0) is 25.7 Å². The van der Waals surface area contributed by atoms with Gasteiger partial charge in [-0.3, -0.25) is 9.05 Å². The molecular formula is C17H37O5PSi. The van der Waals surface area contributed by atoms with Crippen molar-refractivity contribution in [3.63, 3.8) is 0 Å². The predicted octanol–water partition coefficient (Wildman–Crippen LogP) is 4.26. The third-order valence-corrected chi connectivity index (χ3v) is 6.96. The molecule has 2 atom stereocenters. The quantitative estimate of drug-likeness (QED) is 0.277. The maximum Gasteiger partial charge on any atom is 0.474 e. The Morgan fingerprint density at radius 2 is 1.62 bits per heavy atom. The van der Waals surface area contributed by atoms with Crippen molar-refractivity contribution in [3.05, 3.63) is 0 Å². The summed E-state index contributed by atoms with van der Waals surface area (Å²) in [5.74, 6) is 0. The van der Waals surface area contributed by atoms with Crippen molar-refractivity contribution in [3.8, 4) is 0 Å². The van der Waals surface area contributed by atoms with Gasteiger partial charge >= 0.3 is 7.82 Å². The fraction of sp³-hybridized carbons (Fsp3) is 1.00. The first kappa shape index (κ1) is 22.3. The molecule has 1 aliphatic heterocycles. The first-order valence-corrected chi connectivity index (χ1v) is 12.3. The summed E-state index contributed by atoms with van der Waals surface area (Å²) in [4.78, 5) is 9.83. The zero-order valence-electron chi connectivity index (χ0n) is 15.6. The number of hydrogen-bond acceptors (Lipinski definition) is 4. The van der Waals surface area contributed by atoms with Crippen molar-refractivity contribution in [2.24, 2.45) is 0 Å². The fourth-order valence-electron chi connectivity index (χ4n) is 3.02. The van der Waals surface area contributed by atoms with Crippen molar-refractivity contribution < 1.29 is 23.2 Å². The smallest absolute Gasteiger partial charge is 0.354 e. The van der Waals surface area contributed by atoms with E-state index in [0.717, 1.165) is 25.7 Å². The second-order valence-electron chi connectivity index (χ2n) is 7.01. The highest BCUT2D eigenvalue weighted by molar-refractivity contribution is 7.47. The zero-order valence-corrected chi connectivity index (χ0v) is 18.5. The summed E-state index contributed by atoms with van der Waals surface area (Å²) in [6.07, 6.45) is 14.9. The van der Waals surface area contributed by atoms with Crippen LogP contribution in [0.1, 0.15) is 90.4 Å². The predicted molar refractivity (Wildman–Crippen MR) is 101 cm³/mol. The van der Waals surface area contributed by atoms with Gasteiger partial charge in [0, 0.05) is 6.61 Å². The molecular weight excluding hydrogens is 343 g/mol. The monoisotopic (exact) mass is 380 g/mol. The van der Waals surface area contributed by atoms with Gasteiger partial charge in [-0.15, -0.1) is 0 Å². The molecule has 0 aromatic rings. The lowest BCUT2D eigenvalue weighted by atomic mass is 10.1. The zero-order chi connectivity index (χ0) is 17.7. The van der Waals surface area contributed by atoms with Gasteiger partial charge in [0.15, 0.2) is 5.41 Å². The van der Waals surface area contributed by atoms with Gasteiger partial charge in [-0.25, -0.2) is 4.57 Å². The molecule has 2 unspecified atom stereocenters. The minimum Gasteiger partial charge on any atom is -0.354 e. The highest BCUT2D eigenvalue weighted by Crippen LogP contribution is 2.48. The number of unbranched alkanes of at least 4 members (excludes halogenated alkanes) is 9. The van der Waals surface area contributed by atoms with Crippen LogP contribution >= 0.6 is 7.82 Å². The Hall–Kier alpha value is 0.287. The van der Waals surface area contributed by atoms with Crippen LogP contribution < -0.4 is 0 Å². The number of hydrogen-bond donors (Lipinski definition) is 1. The van der Waals surface area contributed by atoms with Crippen molar-refractivity contribution in [1.29, 1.82) is 0 Å². The van der Waals surface area contributed by atoms with Crippen molar-refractivity contribution >= 4 is 18.1 Å². The van der Waals surface area contributed by atoms with Crippen molar-refractivity contribution in [2.75, 3.05) is 13.2 Å². The fourth-order valence-corrected chi connectivity index (χ4v) is 5.31. The van der Waals surface area contributed by atoms with Crippen LogP contribution in [0.3, 0.4) is 0 Å². The Morgan fingerprint density at radius 1 is 1.04 bits per heavy atom. The SMILES string of the molecule is CCCCCCCCCCCCOP(=O)(O)OC1([SiH3])CCCCO1. The van der Waals surface area contributed by atoms with E-state index in [2.05, 4.69) is 6.92 Å². The maximum absolute atomic E-state index is 12.0. The summed E-state index contributed by atoms with van der Waals surface area (Å²) in [5, 5.41) is 0. The third kappa shape index (κ3) is 11.0. The van der Waals surface area contributed by atoms with Gasteiger partial charge in [-0.2, -0.15) is 0 Å². The maximum atomic E-state index is 12.0. The average Bonchev–Trinajstić information content (AvgIpc) is 2.52. The number of rotatable bonds is 14. The van der Waals surface area contributed by atoms with E-state index in [-0.39, 0.29) is 6.61 Å². The Labute approximate surface area is 150 Å². The Balaban J connectivity index is 1.98. The van der Waals surface area contributed by atoms with Gasteiger partial charge in [0.2, 0.25) is 0 Å². The van der Waals surface area contributed by atoms with E-state index < -0.39 is 13.2 Å². The van der Waals surface area contributed by atoms with E-state index in [1.165, 1.54) is 51.4 Å². The molecule has 1 rings (SSSR count). The van der Waals surface area contributed by atoms with Crippen LogP contribution in [0, 0.1) is 0 Å². The third-order valence-electron chi connectivity index (χ3n) is 4.49. The summed E-state index contributed by atoms with van der Waals surface area (Å²) in [6.45, 7) is 3.12. The normalized spacial score (nSPS) is 24.1. The van der Waals surface area contributed by atoms with Crippen molar-refractivity contribution in [1.82, 2.24) is 0 Å². The molecule has 0 aromatic heterocycles. The highest BCUT2D eigenvalue weighted by Gasteiger charge is 2.37. The van der Waals surface area contributed by atoms with Crippen LogP contribution in [0.15, 0.2) is 0 Å². The molecule has 0 aromatic carbocycles. The first-order valence-electron chi connectivity index (χ1n) is 9.79. The molecule has 1 aliphatic rings. The molecule has 1 fully saturated rings. The second-order valence-corrected chi connectivity index (χ2v) is 9.92. The van der Waals surface area contributed by atoms with Gasteiger partial charge in [0.25, 0.3) is 0 Å². The molecule has 7 heteroatoms. The number of ether oxygens (including phenoxy) is 1. The van der Waals surface area contributed by atoms with E-state index in [4.69, 9.17) is 13.8 Å². The standard InChI is InChI=1S/C17H37O5PSi/c1-2-3-4-5-6-7-8-9-10-12-16-21-23(18,19)22-17(24)14-11-13-15-20-17/h2-16H2,1,24H3,(H,18,19). The lowest BCUT2D eigenvalue weighted by molar-refractivity contribution is -0.154. The van der Waals surface area contributed by atoms with Gasteiger partial charge in [0.1, 0.15) is 0 Å². The summed E-state index contributed by atoms with van der Waals surface area (Å²) in [5.41, 5.74) is -0.847. The molecule has 0 radical (unpaired) electrons. The molecule has 5 nitrogen and oxygen atoms in total. The van der Waals surface area contributed by atoms with Crippen LogP contribution in [-0.2, 0) is 18.3 Å². The summed E-state index contributed by atoms with van der Waals surface area (Å²) < 4.78 is 27.9. The summed E-state index contributed by atoms with van der Waals surface area (Å²) >= 11 is 0. The van der Waals surface area contributed by atoms with Crippen LogP contribution in [0.4, 0.5) is 0 Å². The number of phosphoric ester groups is 1. The Kier molecular flexibility index (Phi) is 11.7. The second kappa shape index (κ2) is 12.6. The number of phosphoric acid groups is 1. The lowest BCUT2D eigenvalue weighted by Gasteiger charge is -2.34. The van der Waals surface area contributed by atoms with E-state index in [1.54, 1.807) is 0 Å². The lowest BCUT2D eigenvalue weighted by Crippen LogP contribution is -2.39.